The predicted molar refractivity (Wildman–Crippen MR) is 93.6 cm³/mol. The maximum absolute atomic E-state index is 12.4. The van der Waals surface area contributed by atoms with Gasteiger partial charge in [-0.2, -0.15) is 0 Å². The lowest BCUT2D eigenvalue weighted by Gasteiger charge is -2.17. The first-order valence-electron chi connectivity index (χ1n) is 6.71. The van der Waals surface area contributed by atoms with Crippen LogP contribution >= 0.6 is 31.9 Å². The molecule has 2 aromatic carbocycles. The SMILES string of the molecule is Cc1ccc(C)c(C(C)NC(=O)c2cc(Br)cc(Br)c2)c1. The molecule has 0 aliphatic carbocycles. The Balaban J connectivity index is 2.20. The van der Waals surface area contributed by atoms with Crippen molar-refractivity contribution in [2.75, 3.05) is 0 Å². The number of nitrogens with one attached hydrogen (secondary N) is 1. The molecule has 1 amide bonds. The molecule has 0 saturated carbocycles. The number of carbonyl (C=O) groups is 1. The number of benzene rings is 2. The van der Waals surface area contributed by atoms with Crippen LogP contribution in [0, 0.1) is 13.8 Å². The van der Waals surface area contributed by atoms with E-state index < -0.39 is 0 Å². The lowest BCUT2D eigenvalue weighted by Crippen LogP contribution is -2.27. The zero-order chi connectivity index (χ0) is 15.6. The summed E-state index contributed by atoms with van der Waals surface area (Å²) in [5.41, 5.74) is 4.16. The first kappa shape index (κ1) is 16.2. The van der Waals surface area contributed by atoms with Crippen LogP contribution in [0.2, 0.25) is 0 Å². The lowest BCUT2D eigenvalue weighted by molar-refractivity contribution is 0.0939. The fourth-order valence-electron chi connectivity index (χ4n) is 2.27. The maximum Gasteiger partial charge on any atom is 0.251 e. The van der Waals surface area contributed by atoms with E-state index in [1.165, 1.54) is 11.1 Å². The molecule has 1 unspecified atom stereocenters. The molecule has 21 heavy (non-hydrogen) atoms. The van der Waals surface area contributed by atoms with Gasteiger partial charge in [0.15, 0.2) is 0 Å². The summed E-state index contributed by atoms with van der Waals surface area (Å²) < 4.78 is 1.75. The first-order chi connectivity index (χ1) is 9.86. The van der Waals surface area contributed by atoms with E-state index in [-0.39, 0.29) is 11.9 Å². The number of rotatable bonds is 3. The second-order valence-corrected chi connectivity index (χ2v) is 7.04. The maximum atomic E-state index is 12.4. The van der Waals surface area contributed by atoms with Crippen molar-refractivity contribution in [2.45, 2.75) is 26.8 Å². The summed E-state index contributed by atoms with van der Waals surface area (Å²) in [6.45, 7) is 6.13. The van der Waals surface area contributed by atoms with Crippen LogP contribution in [0.4, 0.5) is 0 Å². The Morgan fingerprint density at radius 2 is 1.67 bits per heavy atom. The highest BCUT2D eigenvalue weighted by Gasteiger charge is 2.14. The molecule has 1 atom stereocenters. The Morgan fingerprint density at radius 1 is 1.05 bits per heavy atom. The Labute approximate surface area is 142 Å². The fraction of sp³-hybridized carbons (Fsp3) is 0.235. The van der Waals surface area contributed by atoms with Gasteiger partial charge in [-0.25, -0.2) is 0 Å². The van der Waals surface area contributed by atoms with E-state index in [0.29, 0.717) is 5.56 Å². The smallest absolute Gasteiger partial charge is 0.251 e. The quantitative estimate of drug-likeness (QED) is 0.728. The Morgan fingerprint density at radius 3 is 2.29 bits per heavy atom. The molecule has 4 heteroatoms. The lowest BCUT2D eigenvalue weighted by atomic mass is 10.00. The van der Waals surface area contributed by atoms with E-state index in [2.05, 4.69) is 69.2 Å². The highest BCUT2D eigenvalue weighted by atomic mass is 79.9. The molecule has 0 saturated heterocycles. The molecule has 2 nitrogen and oxygen atoms in total. The number of hydrogen-bond donors (Lipinski definition) is 1. The summed E-state index contributed by atoms with van der Waals surface area (Å²) in [6.07, 6.45) is 0. The van der Waals surface area contributed by atoms with Crippen molar-refractivity contribution < 1.29 is 4.79 Å². The van der Waals surface area contributed by atoms with Crippen molar-refractivity contribution in [3.63, 3.8) is 0 Å². The molecule has 2 rings (SSSR count). The fourth-order valence-corrected chi connectivity index (χ4v) is 3.56. The molecule has 0 aliphatic rings. The van der Waals surface area contributed by atoms with Crippen LogP contribution in [0.1, 0.15) is 40.0 Å². The number of halogens is 2. The number of carbonyl (C=O) groups excluding carboxylic acids is 1. The van der Waals surface area contributed by atoms with Crippen molar-refractivity contribution in [1.82, 2.24) is 5.32 Å². The molecular formula is C17H17Br2NO. The van der Waals surface area contributed by atoms with Crippen molar-refractivity contribution >= 4 is 37.8 Å². The Hall–Kier alpha value is -1.13. The van der Waals surface area contributed by atoms with Gasteiger partial charge in [-0.1, -0.05) is 55.6 Å². The summed E-state index contributed by atoms with van der Waals surface area (Å²) in [5.74, 6) is -0.0783. The van der Waals surface area contributed by atoms with Crippen LogP contribution < -0.4 is 5.32 Å². The molecular weight excluding hydrogens is 394 g/mol. The van der Waals surface area contributed by atoms with Crippen LogP contribution in [-0.4, -0.2) is 5.91 Å². The van der Waals surface area contributed by atoms with Gasteiger partial charge < -0.3 is 5.32 Å². The molecule has 2 aromatic rings. The molecule has 0 aliphatic heterocycles. The molecule has 0 bridgehead atoms. The van der Waals surface area contributed by atoms with E-state index in [1.54, 1.807) is 0 Å². The van der Waals surface area contributed by atoms with Crippen LogP contribution in [0.25, 0.3) is 0 Å². The normalized spacial score (nSPS) is 12.0. The Kier molecular flexibility index (Phi) is 5.22. The second-order valence-electron chi connectivity index (χ2n) is 5.21. The van der Waals surface area contributed by atoms with E-state index >= 15 is 0 Å². The third-order valence-corrected chi connectivity index (χ3v) is 4.29. The first-order valence-corrected chi connectivity index (χ1v) is 8.29. The van der Waals surface area contributed by atoms with Crippen molar-refractivity contribution in [2.24, 2.45) is 0 Å². The summed E-state index contributed by atoms with van der Waals surface area (Å²) in [5, 5.41) is 3.05. The molecule has 0 aromatic heterocycles. The van der Waals surface area contributed by atoms with Gasteiger partial charge in [0.05, 0.1) is 6.04 Å². The predicted octanol–water partition coefficient (Wildman–Crippen LogP) is 5.32. The van der Waals surface area contributed by atoms with Gasteiger partial charge in [0.25, 0.3) is 5.91 Å². The van der Waals surface area contributed by atoms with Gasteiger partial charge in [-0.05, 0) is 50.1 Å². The standard InChI is InChI=1S/C17H17Br2NO/c1-10-4-5-11(2)16(6-10)12(3)20-17(21)13-7-14(18)9-15(19)8-13/h4-9,12H,1-3H3,(H,20,21). The van der Waals surface area contributed by atoms with E-state index in [4.69, 9.17) is 0 Å². The zero-order valence-corrected chi connectivity index (χ0v) is 15.4. The summed E-state index contributed by atoms with van der Waals surface area (Å²) >= 11 is 6.81. The van der Waals surface area contributed by atoms with Gasteiger partial charge in [-0.15, -0.1) is 0 Å². The molecule has 110 valence electrons. The number of aryl methyl sites for hydroxylation is 2. The highest BCUT2D eigenvalue weighted by Crippen LogP contribution is 2.22. The van der Waals surface area contributed by atoms with E-state index in [0.717, 1.165) is 14.5 Å². The molecule has 0 heterocycles. The molecule has 0 fully saturated rings. The van der Waals surface area contributed by atoms with Gasteiger partial charge in [0.1, 0.15) is 0 Å². The van der Waals surface area contributed by atoms with E-state index in [9.17, 15) is 4.79 Å². The summed E-state index contributed by atoms with van der Waals surface area (Å²) in [6, 6.07) is 11.8. The van der Waals surface area contributed by atoms with Crippen LogP contribution in [-0.2, 0) is 0 Å². The topological polar surface area (TPSA) is 29.1 Å². The van der Waals surface area contributed by atoms with Gasteiger partial charge in [0, 0.05) is 14.5 Å². The average Bonchev–Trinajstić information content (AvgIpc) is 2.40. The third-order valence-electron chi connectivity index (χ3n) is 3.37. The summed E-state index contributed by atoms with van der Waals surface area (Å²) in [7, 11) is 0. The number of amides is 1. The third kappa shape index (κ3) is 4.17. The largest absolute Gasteiger partial charge is 0.346 e. The highest BCUT2D eigenvalue weighted by molar-refractivity contribution is 9.11. The van der Waals surface area contributed by atoms with Gasteiger partial charge in [-0.3, -0.25) is 4.79 Å². The number of hydrogen-bond acceptors (Lipinski definition) is 1. The van der Waals surface area contributed by atoms with Gasteiger partial charge >= 0.3 is 0 Å². The van der Waals surface area contributed by atoms with Crippen molar-refractivity contribution in [3.8, 4) is 0 Å². The van der Waals surface area contributed by atoms with Crippen LogP contribution in [0.5, 0.6) is 0 Å². The molecule has 0 spiro atoms. The monoisotopic (exact) mass is 409 g/mol. The minimum Gasteiger partial charge on any atom is -0.346 e. The Bertz CT molecular complexity index is 662. The van der Waals surface area contributed by atoms with Crippen LogP contribution in [0.3, 0.4) is 0 Å². The minimum absolute atomic E-state index is 0.0323. The van der Waals surface area contributed by atoms with Crippen LogP contribution in [0.15, 0.2) is 45.3 Å². The van der Waals surface area contributed by atoms with Gasteiger partial charge in [0.2, 0.25) is 0 Å². The summed E-state index contributed by atoms with van der Waals surface area (Å²) in [4.78, 5) is 12.4. The van der Waals surface area contributed by atoms with Crippen molar-refractivity contribution in [3.05, 3.63) is 67.6 Å². The zero-order valence-electron chi connectivity index (χ0n) is 12.2. The molecule has 1 N–H and O–H groups in total. The van der Waals surface area contributed by atoms with Crippen molar-refractivity contribution in [1.29, 1.82) is 0 Å². The average molecular weight is 411 g/mol. The second kappa shape index (κ2) is 6.75. The van der Waals surface area contributed by atoms with E-state index in [1.807, 2.05) is 25.1 Å². The molecule has 0 radical (unpaired) electrons. The minimum atomic E-state index is -0.0783.